The number of aromatic nitrogens is 2. The van der Waals surface area contributed by atoms with Crippen molar-refractivity contribution < 1.29 is 4.79 Å². The fourth-order valence-corrected chi connectivity index (χ4v) is 2.15. The lowest BCUT2D eigenvalue weighted by atomic mass is 10.1. The van der Waals surface area contributed by atoms with Gasteiger partial charge in [-0.1, -0.05) is 6.92 Å². The summed E-state index contributed by atoms with van der Waals surface area (Å²) < 4.78 is 0. The molecule has 6 nitrogen and oxygen atoms in total. The fraction of sp³-hybridized carbons (Fsp3) is 0.500. The van der Waals surface area contributed by atoms with Gasteiger partial charge >= 0.3 is 0 Å². The van der Waals surface area contributed by atoms with Gasteiger partial charge in [-0.15, -0.1) is 0 Å². The lowest BCUT2D eigenvalue weighted by Gasteiger charge is -2.21. The summed E-state index contributed by atoms with van der Waals surface area (Å²) in [4.78, 5) is 21.3. The molecule has 1 aliphatic rings. The second-order valence-electron chi connectivity index (χ2n) is 3.90. The highest BCUT2D eigenvalue weighted by Gasteiger charge is 2.34. The van der Waals surface area contributed by atoms with Gasteiger partial charge in [-0.25, -0.2) is 4.98 Å². The van der Waals surface area contributed by atoms with Crippen molar-refractivity contribution in [2.24, 2.45) is 0 Å². The molecule has 1 aliphatic heterocycles. The Bertz CT molecular complexity index is 445. The average Bonchev–Trinajstić information content (AvgIpc) is 2.56. The van der Waals surface area contributed by atoms with Crippen LogP contribution in [-0.2, 0) is 11.3 Å². The summed E-state index contributed by atoms with van der Waals surface area (Å²) in [6, 6.07) is -0.0277. The number of hydrogen-bond acceptors (Lipinski definition) is 5. The summed E-state index contributed by atoms with van der Waals surface area (Å²) in [7, 11) is 0. The van der Waals surface area contributed by atoms with Crippen LogP contribution in [0.4, 0.5) is 11.8 Å². The van der Waals surface area contributed by atoms with Crippen molar-refractivity contribution in [1.29, 1.82) is 0 Å². The maximum absolute atomic E-state index is 11.5. The molecule has 1 unspecified atom stereocenters. The van der Waals surface area contributed by atoms with Gasteiger partial charge in [0.2, 0.25) is 11.9 Å². The normalized spacial score (nSPS) is 18.6. The first kappa shape index (κ1) is 10.7. The van der Waals surface area contributed by atoms with Crippen molar-refractivity contribution in [1.82, 2.24) is 14.9 Å². The van der Waals surface area contributed by atoms with Gasteiger partial charge in [0.25, 0.3) is 0 Å². The monoisotopic (exact) mass is 221 g/mol. The molecule has 0 saturated heterocycles. The van der Waals surface area contributed by atoms with E-state index >= 15 is 0 Å². The molecule has 0 bridgehead atoms. The average molecular weight is 221 g/mol. The Balaban J connectivity index is 2.50. The summed E-state index contributed by atoms with van der Waals surface area (Å²) in [6.45, 7) is 4.03. The SMILES string of the molecule is CCC1c2nc(N)nc(N)c2CN1C(C)=O. The van der Waals surface area contributed by atoms with Gasteiger partial charge in [0, 0.05) is 12.5 Å². The first-order valence-electron chi connectivity index (χ1n) is 5.23. The lowest BCUT2D eigenvalue weighted by Crippen LogP contribution is -2.26. The van der Waals surface area contributed by atoms with Crippen molar-refractivity contribution in [2.75, 3.05) is 11.5 Å². The van der Waals surface area contributed by atoms with Crippen molar-refractivity contribution in [3.8, 4) is 0 Å². The molecule has 4 N–H and O–H groups in total. The Kier molecular flexibility index (Phi) is 2.41. The minimum absolute atomic E-state index is 0.0165. The van der Waals surface area contributed by atoms with Gasteiger partial charge in [0.1, 0.15) is 5.82 Å². The third kappa shape index (κ3) is 1.46. The predicted molar refractivity (Wildman–Crippen MR) is 60.1 cm³/mol. The van der Waals surface area contributed by atoms with E-state index in [1.807, 2.05) is 6.92 Å². The molecule has 0 aromatic carbocycles. The Morgan fingerprint density at radius 1 is 1.50 bits per heavy atom. The molecule has 16 heavy (non-hydrogen) atoms. The number of fused-ring (bicyclic) bond motifs is 1. The standard InChI is InChI=1S/C10H15N5O/c1-3-7-8-6(4-15(7)5(2)16)9(11)14-10(12)13-8/h7H,3-4H2,1-2H3,(H4,11,12,13,14). The number of anilines is 2. The Morgan fingerprint density at radius 3 is 2.75 bits per heavy atom. The molecular formula is C10H15N5O. The van der Waals surface area contributed by atoms with Crippen LogP contribution in [0, 0.1) is 0 Å². The quantitative estimate of drug-likeness (QED) is 0.717. The van der Waals surface area contributed by atoms with Crippen molar-refractivity contribution in [3.63, 3.8) is 0 Å². The third-order valence-corrected chi connectivity index (χ3v) is 2.90. The van der Waals surface area contributed by atoms with E-state index in [0.29, 0.717) is 12.4 Å². The number of nitrogen functional groups attached to an aromatic ring is 2. The van der Waals surface area contributed by atoms with Gasteiger partial charge < -0.3 is 16.4 Å². The van der Waals surface area contributed by atoms with Gasteiger partial charge in [-0.2, -0.15) is 4.98 Å². The second-order valence-corrected chi connectivity index (χ2v) is 3.90. The highest BCUT2D eigenvalue weighted by molar-refractivity contribution is 5.75. The lowest BCUT2D eigenvalue weighted by molar-refractivity contribution is -0.131. The summed E-state index contributed by atoms with van der Waals surface area (Å²) >= 11 is 0. The van der Waals surface area contributed by atoms with E-state index in [9.17, 15) is 4.79 Å². The van der Waals surface area contributed by atoms with Crippen LogP contribution >= 0.6 is 0 Å². The summed E-state index contributed by atoms with van der Waals surface area (Å²) in [6.07, 6.45) is 0.794. The van der Waals surface area contributed by atoms with E-state index in [4.69, 9.17) is 11.5 Å². The molecule has 1 aromatic rings. The van der Waals surface area contributed by atoms with Crippen molar-refractivity contribution in [3.05, 3.63) is 11.3 Å². The smallest absolute Gasteiger partial charge is 0.222 e. The topological polar surface area (TPSA) is 98.1 Å². The maximum atomic E-state index is 11.5. The molecular weight excluding hydrogens is 206 g/mol. The first-order valence-corrected chi connectivity index (χ1v) is 5.23. The van der Waals surface area contributed by atoms with Crippen LogP contribution in [0.3, 0.4) is 0 Å². The zero-order valence-electron chi connectivity index (χ0n) is 9.40. The van der Waals surface area contributed by atoms with E-state index in [0.717, 1.165) is 17.7 Å². The molecule has 0 aliphatic carbocycles. The second kappa shape index (κ2) is 3.62. The molecule has 2 heterocycles. The van der Waals surface area contributed by atoms with Crippen molar-refractivity contribution >= 4 is 17.7 Å². The Hall–Kier alpha value is -1.85. The van der Waals surface area contributed by atoms with Crippen LogP contribution in [0.1, 0.15) is 37.6 Å². The van der Waals surface area contributed by atoms with Crippen LogP contribution in [0.15, 0.2) is 0 Å². The number of nitrogens with zero attached hydrogens (tertiary/aromatic N) is 3. The minimum Gasteiger partial charge on any atom is -0.383 e. The van der Waals surface area contributed by atoms with E-state index in [1.54, 1.807) is 11.8 Å². The minimum atomic E-state index is -0.0277. The molecule has 0 fully saturated rings. The zero-order chi connectivity index (χ0) is 11.9. The first-order chi connectivity index (χ1) is 7.54. The van der Waals surface area contributed by atoms with Crippen molar-refractivity contribution in [2.45, 2.75) is 32.9 Å². The van der Waals surface area contributed by atoms with E-state index < -0.39 is 0 Å². The molecule has 1 amide bonds. The number of nitrogens with two attached hydrogens (primary N) is 2. The number of amides is 1. The van der Waals surface area contributed by atoms with Crippen LogP contribution in [0.25, 0.3) is 0 Å². The van der Waals surface area contributed by atoms with Crippen LogP contribution in [-0.4, -0.2) is 20.8 Å². The number of rotatable bonds is 1. The number of carbonyl (C=O) groups excluding carboxylic acids is 1. The zero-order valence-corrected chi connectivity index (χ0v) is 9.40. The van der Waals surface area contributed by atoms with E-state index in [2.05, 4.69) is 9.97 Å². The van der Waals surface area contributed by atoms with Gasteiger partial charge in [0.15, 0.2) is 0 Å². The maximum Gasteiger partial charge on any atom is 0.222 e. The van der Waals surface area contributed by atoms with E-state index in [1.165, 1.54) is 0 Å². The number of hydrogen-bond donors (Lipinski definition) is 2. The highest BCUT2D eigenvalue weighted by atomic mass is 16.2. The van der Waals surface area contributed by atoms with Gasteiger partial charge in [0.05, 0.1) is 18.3 Å². The molecule has 2 rings (SSSR count). The molecule has 0 radical (unpaired) electrons. The van der Waals surface area contributed by atoms with Crippen LogP contribution in [0.2, 0.25) is 0 Å². The Labute approximate surface area is 93.7 Å². The molecule has 6 heteroatoms. The molecule has 1 atom stereocenters. The molecule has 1 aromatic heterocycles. The van der Waals surface area contributed by atoms with E-state index in [-0.39, 0.29) is 17.9 Å². The summed E-state index contributed by atoms with van der Waals surface area (Å²) in [5, 5.41) is 0. The highest BCUT2D eigenvalue weighted by Crippen LogP contribution is 2.36. The fourth-order valence-electron chi connectivity index (χ4n) is 2.15. The summed E-state index contributed by atoms with van der Waals surface area (Å²) in [5.74, 6) is 0.563. The van der Waals surface area contributed by atoms with Gasteiger partial charge in [-0.3, -0.25) is 4.79 Å². The van der Waals surface area contributed by atoms with Gasteiger partial charge in [-0.05, 0) is 6.42 Å². The largest absolute Gasteiger partial charge is 0.383 e. The van der Waals surface area contributed by atoms with Crippen LogP contribution < -0.4 is 11.5 Å². The van der Waals surface area contributed by atoms with Crippen LogP contribution in [0.5, 0.6) is 0 Å². The third-order valence-electron chi connectivity index (χ3n) is 2.90. The predicted octanol–water partition coefficient (Wildman–Crippen LogP) is 0.454. The molecule has 86 valence electrons. The Morgan fingerprint density at radius 2 is 2.19 bits per heavy atom. The number of carbonyl (C=O) groups is 1. The summed E-state index contributed by atoms with van der Waals surface area (Å²) in [5.41, 5.74) is 13.0. The molecule has 0 saturated carbocycles. The molecule has 0 spiro atoms.